The molecule has 2 rings (SSSR count). The summed E-state index contributed by atoms with van der Waals surface area (Å²) in [5, 5.41) is 3.01. The highest BCUT2D eigenvalue weighted by Crippen LogP contribution is 2.19. The molecule has 2 aromatic carbocycles. The van der Waals surface area contributed by atoms with E-state index in [1.54, 1.807) is 16.7 Å². The molecule has 6 heteroatoms. The molecule has 2 amide bonds. The molecule has 0 saturated heterocycles. The molecule has 0 saturated carbocycles. The maximum Gasteiger partial charge on any atom is 0.242 e. The molecular weight excluding hydrogens is 472 g/mol. The van der Waals surface area contributed by atoms with E-state index in [0.717, 1.165) is 28.6 Å². The van der Waals surface area contributed by atoms with Gasteiger partial charge in [0.2, 0.25) is 11.8 Å². The van der Waals surface area contributed by atoms with Crippen LogP contribution in [0, 0.1) is 6.92 Å². The van der Waals surface area contributed by atoms with E-state index in [0.29, 0.717) is 25.3 Å². The van der Waals surface area contributed by atoms with Gasteiger partial charge in [-0.1, -0.05) is 78.2 Å². The Balaban J connectivity index is 2.08. The normalized spacial score (nSPS) is 11.7. The summed E-state index contributed by atoms with van der Waals surface area (Å²) in [5.74, 6) is 1.05. The highest BCUT2D eigenvalue weighted by atomic mass is 79.9. The lowest BCUT2D eigenvalue weighted by molar-refractivity contribution is -0.139. The van der Waals surface area contributed by atoms with Gasteiger partial charge in [-0.25, -0.2) is 0 Å². The first-order valence-electron chi connectivity index (χ1n) is 10.9. The Hall–Kier alpha value is -1.79. The Morgan fingerprint density at radius 3 is 2.29 bits per heavy atom. The molecule has 0 unspecified atom stereocenters. The van der Waals surface area contributed by atoms with Gasteiger partial charge in [-0.3, -0.25) is 9.59 Å². The van der Waals surface area contributed by atoms with Crippen molar-refractivity contribution >= 4 is 39.5 Å². The van der Waals surface area contributed by atoms with Gasteiger partial charge in [0, 0.05) is 23.3 Å². The van der Waals surface area contributed by atoms with E-state index < -0.39 is 6.04 Å². The van der Waals surface area contributed by atoms with E-state index in [1.165, 1.54) is 11.1 Å². The van der Waals surface area contributed by atoms with Crippen LogP contribution in [-0.2, 0) is 21.9 Å². The Morgan fingerprint density at radius 1 is 1.03 bits per heavy atom. The number of unbranched alkanes of at least 4 members (excludes halogenated alkanes) is 1. The minimum Gasteiger partial charge on any atom is -0.354 e. The van der Waals surface area contributed by atoms with Gasteiger partial charge in [0.05, 0.1) is 5.75 Å². The number of thioether (sulfide) groups is 1. The van der Waals surface area contributed by atoms with Crippen LogP contribution >= 0.6 is 27.7 Å². The number of halogens is 1. The number of benzene rings is 2. The zero-order valence-corrected chi connectivity index (χ0v) is 21.1. The summed E-state index contributed by atoms with van der Waals surface area (Å²) in [6.45, 7) is 7.20. The van der Waals surface area contributed by atoms with Gasteiger partial charge in [-0.15, -0.1) is 11.8 Å². The van der Waals surface area contributed by atoms with Crippen LogP contribution in [0.2, 0.25) is 0 Å². The minimum atomic E-state index is -0.459. The molecule has 168 valence electrons. The fourth-order valence-corrected chi connectivity index (χ4v) is 4.37. The summed E-state index contributed by atoms with van der Waals surface area (Å²) >= 11 is 5.03. The van der Waals surface area contributed by atoms with Crippen LogP contribution in [-0.4, -0.2) is 35.1 Å². The van der Waals surface area contributed by atoms with Gasteiger partial charge in [0.15, 0.2) is 0 Å². The van der Waals surface area contributed by atoms with Gasteiger partial charge in [-0.05, 0) is 43.0 Å². The predicted molar refractivity (Wildman–Crippen MR) is 134 cm³/mol. The lowest BCUT2D eigenvalue weighted by atomic mass is 10.1. The Morgan fingerprint density at radius 2 is 1.68 bits per heavy atom. The number of hydrogen-bond acceptors (Lipinski definition) is 3. The molecule has 0 spiro atoms. The topological polar surface area (TPSA) is 49.4 Å². The molecule has 0 aliphatic heterocycles. The summed E-state index contributed by atoms with van der Waals surface area (Å²) in [7, 11) is 0. The van der Waals surface area contributed by atoms with Crippen LogP contribution < -0.4 is 5.32 Å². The number of aryl methyl sites for hydroxylation is 1. The van der Waals surface area contributed by atoms with Crippen LogP contribution in [0.1, 0.15) is 49.8 Å². The molecule has 1 atom stereocenters. The molecule has 0 radical (unpaired) electrons. The molecule has 1 N–H and O–H groups in total. The van der Waals surface area contributed by atoms with Crippen molar-refractivity contribution in [2.75, 3.05) is 12.3 Å². The Bertz CT molecular complexity index is 824. The van der Waals surface area contributed by atoms with Crippen LogP contribution in [0.4, 0.5) is 0 Å². The Labute approximate surface area is 199 Å². The van der Waals surface area contributed by atoms with E-state index in [1.807, 2.05) is 50.2 Å². The third-order valence-electron chi connectivity index (χ3n) is 5.10. The second kappa shape index (κ2) is 13.6. The van der Waals surface area contributed by atoms with Gasteiger partial charge < -0.3 is 10.2 Å². The monoisotopic (exact) mass is 504 g/mol. The van der Waals surface area contributed by atoms with E-state index >= 15 is 0 Å². The number of carbonyl (C=O) groups excluding carboxylic acids is 2. The lowest BCUT2D eigenvalue weighted by Gasteiger charge is -2.30. The van der Waals surface area contributed by atoms with E-state index in [9.17, 15) is 9.59 Å². The lowest BCUT2D eigenvalue weighted by Crippen LogP contribution is -2.49. The number of nitrogens with one attached hydrogen (secondary N) is 1. The first-order valence-corrected chi connectivity index (χ1v) is 12.8. The molecular formula is C25H33BrN2O2S. The molecule has 31 heavy (non-hydrogen) atoms. The van der Waals surface area contributed by atoms with Crippen molar-refractivity contribution in [3.05, 3.63) is 69.7 Å². The first kappa shape index (κ1) is 25.5. The minimum absolute atomic E-state index is 0.000165. The predicted octanol–water partition coefficient (Wildman–Crippen LogP) is 5.71. The maximum atomic E-state index is 13.2. The summed E-state index contributed by atoms with van der Waals surface area (Å²) in [6.07, 6.45) is 2.56. The molecule has 2 aromatic rings. The summed E-state index contributed by atoms with van der Waals surface area (Å²) in [4.78, 5) is 27.8. The molecule has 4 nitrogen and oxygen atoms in total. The molecule has 0 bridgehead atoms. The van der Waals surface area contributed by atoms with Crippen molar-refractivity contribution in [3.63, 3.8) is 0 Å². The standard InChI is InChI=1S/C25H33BrN2O2S/c1-4-6-15-27-25(30)23(5-2)28(16-20-9-7-19(3)8-10-20)24(29)18-31-17-21-11-13-22(26)14-12-21/h7-14,23H,4-6,15-18H2,1-3H3,(H,27,30)/t23-/m0/s1. The van der Waals surface area contributed by atoms with E-state index in [-0.39, 0.29) is 11.8 Å². The fourth-order valence-electron chi connectivity index (χ4n) is 3.24. The maximum absolute atomic E-state index is 13.2. The van der Waals surface area contributed by atoms with Gasteiger partial charge in [0.25, 0.3) is 0 Å². The highest BCUT2D eigenvalue weighted by Gasteiger charge is 2.28. The van der Waals surface area contributed by atoms with Gasteiger partial charge in [-0.2, -0.15) is 0 Å². The quantitative estimate of drug-likeness (QED) is 0.376. The number of rotatable bonds is 12. The zero-order valence-electron chi connectivity index (χ0n) is 18.7. The van der Waals surface area contributed by atoms with E-state index in [4.69, 9.17) is 0 Å². The average molecular weight is 506 g/mol. The van der Waals surface area contributed by atoms with Crippen molar-refractivity contribution in [3.8, 4) is 0 Å². The molecule has 0 aliphatic rings. The van der Waals surface area contributed by atoms with Crippen molar-refractivity contribution in [2.45, 2.75) is 58.4 Å². The number of amides is 2. The summed E-state index contributed by atoms with van der Waals surface area (Å²) < 4.78 is 1.04. The second-order valence-corrected chi connectivity index (χ2v) is 9.60. The van der Waals surface area contributed by atoms with Crippen LogP contribution in [0.3, 0.4) is 0 Å². The Kier molecular flexibility index (Phi) is 11.2. The largest absolute Gasteiger partial charge is 0.354 e. The van der Waals surface area contributed by atoms with Crippen molar-refractivity contribution in [1.82, 2.24) is 10.2 Å². The van der Waals surface area contributed by atoms with Crippen LogP contribution in [0.15, 0.2) is 53.0 Å². The average Bonchev–Trinajstić information content (AvgIpc) is 2.76. The van der Waals surface area contributed by atoms with E-state index in [2.05, 4.69) is 40.3 Å². The van der Waals surface area contributed by atoms with Crippen molar-refractivity contribution in [2.24, 2.45) is 0 Å². The molecule has 0 heterocycles. The van der Waals surface area contributed by atoms with Crippen molar-refractivity contribution in [1.29, 1.82) is 0 Å². The first-order chi connectivity index (χ1) is 14.9. The summed E-state index contributed by atoms with van der Waals surface area (Å²) in [6, 6.07) is 15.8. The summed E-state index contributed by atoms with van der Waals surface area (Å²) in [5.41, 5.74) is 3.39. The molecule has 0 fully saturated rings. The smallest absolute Gasteiger partial charge is 0.242 e. The van der Waals surface area contributed by atoms with Gasteiger partial charge >= 0.3 is 0 Å². The third kappa shape index (κ3) is 8.69. The molecule has 0 aromatic heterocycles. The number of carbonyl (C=O) groups is 2. The third-order valence-corrected chi connectivity index (χ3v) is 6.61. The fraction of sp³-hybridized carbons (Fsp3) is 0.440. The number of nitrogens with zero attached hydrogens (tertiary/aromatic N) is 1. The number of hydrogen-bond donors (Lipinski definition) is 1. The van der Waals surface area contributed by atoms with Crippen LogP contribution in [0.25, 0.3) is 0 Å². The highest BCUT2D eigenvalue weighted by molar-refractivity contribution is 9.10. The van der Waals surface area contributed by atoms with Gasteiger partial charge in [0.1, 0.15) is 6.04 Å². The SMILES string of the molecule is CCCCNC(=O)[C@H](CC)N(Cc1ccc(C)cc1)C(=O)CSCc1ccc(Br)cc1. The second-order valence-electron chi connectivity index (χ2n) is 7.70. The van der Waals surface area contributed by atoms with Crippen molar-refractivity contribution < 1.29 is 9.59 Å². The molecule has 0 aliphatic carbocycles. The zero-order chi connectivity index (χ0) is 22.6. The van der Waals surface area contributed by atoms with Crippen LogP contribution in [0.5, 0.6) is 0 Å².